The molecular formula is C19H36O11P2. The Morgan fingerprint density at radius 2 is 1.22 bits per heavy atom. The minimum atomic E-state index is -5.05. The van der Waals surface area contributed by atoms with Gasteiger partial charge in [0.2, 0.25) is 0 Å². The van der Waals surface area contributed by atoms with Gasteiger partial charge in [-0.1, -0.05) is 53.7 Å². The monoisotopic (exact) mass is 502 g/mol. The second-order valence-corrected chi connectivity index (χ2v) is 12.2. The summed E-state index contributed by atoms with van der Waals surface area (Å²) in [6.45, 7) is 11.8. The maximum atomic E-state index is 9.63. The predicted octanol–water partition coefficient (Wildman–Crippen LogP) is 1.81. The highest BCUT2D eigenvalue weighted by molar-refractivity contribution is 7.60. The van der Waals surface area contributed by atoms with Crippen molar-refractivity contribution in [2.75, 3.05) is 26.4 Å². The zero-order valence-electron chi connectivity index (χ0n) is 19.2. The van der Waals surface area contributed by atoms with Gasteiger partial charge in [-0.2, -0.15) is 4.31 Å². The molecule has 0 heterocycles. The number of ether oxygens (including phenoxy) is 1. The molecule has 1 aromatic rings. The first-order valence-electron chi connectivity index (χ1n) is 9.62. The lowest BCUT2D eigenvalue weighted by Crippen LogP contribution is -2.40. The van der Waals surface area contributed by atoms with Crippen LogP contribution in [0, 0.1) is 5.41 Å². The number of hydrogen-bond acceptors (Lipinski definition) is 7. The lowest BCUT2D eigenvalue weighted by molar-refractivity contribution is -0.0262. The molecule has 11 nitrogen and oxygen atoms in total. The number of benzene rings is 1. The number of rotatable bonds is 8. The van der Waals surface area contributed by atoms with Gasteiger partial charge in [0.25, 0.3) is 0 Å². The van der Waals surface area contributed by atoms with Crippen LogP contribution in [0.5, 0.6) is 5.75 Å². The molecule has 0 spiro atoms. The maximum Gasteiger partial charge on any atom is 0.478 e. The largest absolute Gasteiger partial charge is 0.492 e. The van der Waals surface area contributed by atoms with Crippen molar-refractivity contribution in [2.45, 2.75) is 52.4 Å². The lowest BCUT2D eigenvalue weighted by Gasteiger charge is -2.30. The summed E-state index contributed by atoms with van der Waals surface area (Å²) in [4.78, 5) is 31.0. The summed E-state index contributed by atoms with van der Waals surface area (Å²) >= 11 is 0. The highest BCUT2D eigenvalue weighted by Crippen LogP contribution is 2.53. The summed E-state index contributed by atoms with van der Waals surface area (Å²) in [6, 6.07) is 6.22. The van der Waals surface area contributed by atoms with Crippen molar-refractivity contribution in [2.24, 2.45) is 5.41 Å². The minimum Gasteiger partial charge on any atom is -0.492 e. The maximum absolute atomic E-state index is 9.63. The molecule has 0 unspecified atom stereocenters. The second kappa shape index (κ2) is 11.5. The first kappa shape index (κ1) is 31.2. The standard InChI is InChI=1S/C19H32O4.H4O7P2/c1-17(2,3)14-7-8-15(18(4,5)6)16(9-14)23-13-19(10-20,11-21)12-22;1-8(2,3)7-9(4,5)6/h7-9,20-22H,10-13H2,1-6H3;(H2,1,2,3)(H2,4,5,6). The van der Waals surface area contributed by atoms with E-state index in [-0.39, 0.29) is 37.3 Å². The summed E-state index contributed by atoms with van der Waals surface area (Å²) < 4.78 is 28.2. The lowest BCUT2D eigenvalue weighted by atomic mass is 9.81. The van der Waals surface area contributed by atoms with Crippen molar-refractivity contribution in [3.05, 3.63) is 29.3 Å². The molecule has 32 heavy (non-hydrogen) atoms. The number of aliphatic hydroxyl groups excluding tert-OH is 3. The smallest absolute Gasteiger partial charge is 0.478 e. The summed E-state index contributed by atoms with van der Waals surface area (Å²) in [6.07, 6.45) is 0. The van der Waals surface area contributed by atoms with Crippen LogP contribution in [0.15, 0.2) is 18.2 Å². The van der Waals surface area contributed by atoms with Crippen molar-refractivity contribution in [3.8, 4) is 5.75 Å². The highest BCUT2D eigenvalue weighted by Gasteiger charge is 2.31. The molecule has 0 atom stereocenters. The van der Waals surface area contributed by atoms with Crippen LogP contribution in [-0.2, 0) is 24.3 Å². The van der Waals surface area contributed by atoms with Crippen molar-refractivity contribution >= 4 is 15.6 Å². The molecule has 1 rings (SSSR count). The zero-order valence-corrected chi connectivity index (χ0v) is 21.0. The van der Waals surface area contributed by atoms with Gasteiger partial charge in [-0.05, 0) is 28.0 Å². The molecule has 0 aromatic heterocycles. The Morgan fingerprint density at radius 3 is 1.50 bits per heavy atom. The Hall–Kier alpha value is -0.840. The molecule has 13 heteroatoms. The fraction of sp³-hybridized carbons (Fsp3) is 0.684. The average molecular weight is 502 g/mol. The second-order valence-electron chi connectivity index (χ2n) is 9.54. The number of aliphatic hydroxyl groups is 3. The Labute approximate surface area is 188 Å². The van der Waals surface area contributed by atoms with Gasteiger partial charge in [0, 0.05) is 0 Å². The summed E-state index contributed by atoms with van der Waals surface area (Å²) in [7, 11) is -10.1. The first-order valence-corrected chi connectivity index (χ1v) is 12.7. The van der Waals surface area contributed by atoms with Crippen LogP contribution < -0.4 is 4.74 Å². The van der Waals surface area contributed by atoms with E-state index in [1.54, 1.807) is 0 Å². The van der Waals surface area contributed by atoms with Crippen LogP contribution in [0.4, 0.5) is 0 Å². The molecule has 0 amide bonds. The Kier molecular flexibility index (Phi) is 11.2. The summed E-state index contributed by atoms with van der Waals surface area (Å²) in [5, 5.41) is 28.4. The van der Waals surface area contributed by atoms with Crippen LogP contribution in [0.2, 0.25) is 0 Å². The predicted molar refractivity (Wildman–Crippen MR) is 118 cm³/mol. The molecule has 0 saturated carbocycles. The third kappa shape index (κ3) is 11.3. The molecule has 0 fully saturated rings. The third-order valence-corrected chi connectivity index (χ3v) is 6.11. The normalized spacial score (nSPS) is 13.4. The van der Waals surface area contributed by atoms with Crippen LogP contribution in [0.25, 0.3) is 0 Å². The average Bonchev–Trinajstić information content (AvgIpc) is 2.59. The fourth-order valence-electron chi connectivity index (χ4n) is 2.38. The molecule has 0 saturated heterocycles. The van der Waals surface area contributed by atoms with Crippen LogP contribution >= 0.6 is 15.6 Å². The first-order chi connectivity index (χ1) is 14.2. The molecule has 0 radical (unpaired) electrons. The van der Waals surface area contributed by atoms with Crippen LogP contribution in [0.1, 0.15) is 52.7 Å². The quantitative estimate of drug-likeness (QED) is 0.256. The Bertz CT molecular complexity index is 783. The number of hydrogen-bond donors (Lipinski definition) is 7. The molecule has 0 aliphatic heterocycles. The summed E-state index contributed by atoms with van der Waals surface area (Å²) in [5.41, 5.74) is 1.09. The highest BCUT2D eigenvalue weighted by atomic mass is 31.3. The van der Waals surface area contributed by atoms with Gasteiger partial charge >= 0.3 is 15.6 Å². The van der Waals surface area contributed by atoms with Crippen LogP contribution in [-0.4, -0.2) is 61.3 Å². The molecule has 7 N–H and O–H groups in total. The third-order valence-electron chi connectivity index (χ3n) is 4.41. The van der Waals surface area contributed by atoms with Gasteiger partial charge < -0.3 is 39.6 Å². The topological polar surface area (TPSA) is 194 Å². The van der Waals surface area contributed by atoms with E-state index in [1.807, 2.05) is 6.07 Å². The Morgan fingerprint density at radius 1 is 0.781 bits per heavy atom. The van der Waals surface area contributed by atoms with E-state index in [0.717, 1.165) is 16.9 Å². The SMILES string of the molecule is CC(C)(C)c1ccc(C(C)(C)C)c(OCC(CO)(CO)CO)c1.O=P(O)(O)OP(=O)(O)O. The number of phosphoric acid groups is 2. The van der Waals surface area contributed by atoms with Gasteiger partial charge in [-0.15, -0.1) is 0 Å². The van der Waals surface area contributed by atoms with Gasteiger partial charge in [0.1, 0.15) is 12.4 Å². The van der Waals surface area contributed by atoms with Crippen molar-refractivity contribution in [1.82, 2.24) is 0 Å². The van der Waals surface area contributed by atoms with E-state index in [0.29, 0.717) is 0 Å². The molecule has 0 aliphatic carbocycles. The zero-order chi connectivity index (χ0) is 25.6. The van der Waals surface area contributed by atoms with Crippen molar-refractivity contribution in [1.29, 1.82) is 0 Å². The van der Waals surface area contributed by atoms with E-state index in [9.17, 15) is 24.4 Å². The minimum absolute atomic E-state index is 0.00342. The molecule has 1 aromatic carbocycles. The van der Waals surface area contributed by atoms with Gasteiger partial charge in [0.15, 0.2) is 0 Å². The molecule has 0 bridgehead atoms. The van der Waals surface area contributed by atoms with Gasteiger partial charge in [0.05, 0.1) is 25.2 Å². The molecule has 0 aliphatic rings. The van der Waals surface area contributed by atoms with E-state index in [1.165, 1.54) is 0 Å². The van der Waals surface area contributed by atoms with Crippen LogP contribution in [0.3, 0.4) is 0 Å². The molecular weight excluding hydrogens is 466 g/mol. The van der Waals surface area contributed by atoms with E-state index in [2.05, 4.69) is 58.0 Å². The van der Waals surface area contributed by atoms with Crippen molar-refractivity contribution < 1.29 is 53.1 Å². The van der Waals surface area contributed by atoms with E-state index >= 15 is 0 Å². The van der Waals surface area contributed by atoms with Crippen molar-refractivity contribution in [3.63, 3.8) is 0 Å². The van der Waals surface area contributed by atoms with E-state index in [4.69, 9.17) is 24.3 Å². The molecule has 188 valence electrons. The fourth-order valence-corrected chi connectivity index (χ4v) is 3.49. The van der Waals surface area contributed by atoms with E-state index < -0.39 is 21.1 Å². The van der Waals surface area contributed by atoms with Gasteiger partial charge in [-0.25, -0.2) is 9.13 Å². The summed E-state index contributed by atoms with van der Waals surface area (Å²) in [5.74, 6) is 0.740. The van der Waals surface area contributed by atoms with Gasteiger partial charge in [-0.3, -0.25) is 0 Å². The Balaban J connectivity index is 0.000000900.